The van der Waals surface area contributed by atoms with E-state index in [-0.39, 0.29) is 18.3 Å². The average molecular weight is 332 g/mol. The molecule has 0 aliphatic rings. The summed E-state index contributed by atoms with van der Waals surface area (Å²) in [5.41, 5.74) is 1.57. The highest BCUT2D eigenvalue weighted by molar-refractivity contribution is 6.30. The highest BCUT2D eigenvalue weighted by Gasteiger charge is 2.10. The number of halogens is 1. The van der Waals surface area contributed by atoms with Crippen LogP contribution in [-0.2, 0) is 11.3 Å². The van der Waals surface area contributed by atoms with Gasteiger partial charge in [-0.2, -0.15) is 0 Å². The highest BCUT2D eigenvalue weighted by atomic mass is 35.5. The van der Waals surface area contributed by atoms with Crippen LogP contribution in [0.3, 0.4) is 0 Å². The van der Waals surface area contributed by atoms with Crippen LogP contribution < -0.4 is 4.74 Å². The molecule has 2 rings (SSSR count). The number of hydrogen-bond donors (Lipinski definition) is 0. The van der Waals surface area contributed by atoms with E-state index < -0.39 is 0 Å². The van der Waals surface area contributed by atoms with Crippen molar-refractivity contribution in [3.8, 4) is 5.75 Å². The number of nitrogens with zero attached hydrogens (tertiary/aromatic N) is 1. The second-order valence-corrected chi connectivity index (χ2v) is 5.69. The summed E-state index contributed by atoms with van der Waals surface area (Å²) >= 11 is 5.93. The topological polar surface area (TPSA) is 46.6 Å². The van der Waals surface area contributed by atoms with Crippen LogP contribution in [-0.4, -0.2) is 30.2 Å². The van der Waals surface area contributed by atoms with Gasteiger partial charge in [0, 0.05) is 24.2 Å². The van der Waals surface area contributed by atoms with Crippen LogP contribution >= 0.6 is 11.6 Å². The molecule has 0 saturated carbocycles. The fraction of sp³-hybridized carbons (Fsp3) is 0.222. The maximum absolute atomic E-state index is 12.1. The van der Waals surface area contributed by atoms with E-state index in [4.69, 9.17) is 16.3 Å². The monoisotopic (exact) mass is 331 g/mol. The predicted molar refractivity (Wildman–Crippen MR) is 89.9 cm³/mol. The van der Waals surface area contributed by atoms with E-state index in [0.717, 1.165) is 5.56 Å². The normalized spacial score (nSPS) is 10.2. The molecule has 2 aromatic rings. The first-order valence-electron chi connectivity index (χ1n) is 7.18. The minimum absolute atomic E-state index is 0.00567. The second kappa shape index (κ2) is 7.79. The van der Waals surface area contributed by atoms with Crippen LogP contribution in [0.5, 0.6) is 5.75 Å². The van der Waals surface area contributed by atoms with Crippen molar-refractivity contribution < 1.29 is 14.3 Å². The lowest BCUT2D eigenvalue weighted by Gasteiger charge is -2.17. The van der Waals surface area contributed by atoms with Gasteiger partial charge < -0.3 is 9.64 Å². The zero-order valence-electron chi connectivity index (χ0n) is 13.1. The third-order valence-corrected chi connectivity index (χ3v) is 3.59. The summed E-state index contributed by atoms with van der Waals surface area (Å²) in [5, 5.41) is 0.644. The minimum Gasteiger partial charge on any atom is -0.484 e. The van der Waals surface area contributed by atoms with Crippen LogP contribution in [0.2, 0.25) is 5.02 Å². The Hall–Kier alpha value is -2.33. The Labute approximate surface area is 140 Å². The van der Waals surface area contributed by atoms with E-state index in [1.165, 1.54) is 6.92 Å². The standard InChI is InChI=1S/C18H18ClNO3/c1-13(21)15-6-8-17(9-7-15)23-12-18(22)20(2)11-14-4-3-5-16(19)10-14/h3-10H,11-12H2,1-2H3. The third-order valence-electron chi connectivity index (χ3n) is 3.36. The van der Waals surface area contributed by atoms with Gasteiger partial charge in [0.2, 0.25) is 0 Å². The Morgan fingerprint density at radius 3 is 2.43 bits per heavy atom. The number of ketones is 1. The molecule has 23 heavy (non-hydrogen) atoms. The molecule has 0 fully saturated rings. The number of likely N-dealkylation sites (N-methyl/N-ethyl adjacent to an activating group) is 1. The van der Waals surface area contributed by atoms with Crippen molar-refractivity contribution in [1.29, 1.82) is 0 Å². The lowest BCUT2D eigenvalue weighted by molar-refractivity contribution is -0.132. The minimum atomic E-state index is -0.138. The van der Waals surface area contributed by atoms with Gasteiger partial charge in [0.05, 0.1) is 0 Å². The molecule has 0 saturated heterocycles. The quantitative estimate of drug-likeness (QED) is 0.760. The summed E-state index contributed by atoms with van der Waals surface area (Å²) in [7, 11) is 1.71. The number of hydrogen-bond acceptors (Lipinski definition) is 3. The Morgan fingerprint density at radius 1 is 1.13 bits per heavy atom. The molecule has 4 nitrogen and oxygen atoms in total. The van der Waals surface area contributed by atoms with Crippen molar-refractivity contribution in [1.82, 2.24) is 4.90 Å². The first-order valence-corrected chi connectivity index (χ1v) is 7.55. The van der Waals surface area contributed by atoms with Crippen LogP contribution in [0, 0.1) is 0 Å². The Morgan fingerprint density at radius 2 is 1.83 bits per heavy atom. The molecule has 0 spiro atoms. The molecule has 0 aromatic heterocycles. The van der Waals surface area contributed by atoms with Crippen LogP contribution in [0.1, 0.15) is 22.8 Å². The Bertz CT molecular complexity index is 698. The van der Waals surface area contributed by atoms with Gasteiger partial charge in [-0.3, -0.25) is 9.59 Å². The number of ether oxygens (including phenoxy) is 1. The molecule has 0 aliphatic carbocycles. The molecule has 0 radical (unpaired) electrons. The van der Waals surface area contributed by atoms with Gasteiger partial charge in [-0.25, -0.2) is 0 Å². The maximum atomic E-state index is 12.1. The van der Waals surface area contributed by atoms with E-state index in [0.29, 0.717) is 22.9 Å². The molecule has 0 aliphatic heterocycles. The first-order chi connectivity index (χ1) is 11.0. The Balaban J connectivity index is 1.87. The molecule has 1 amide bonds. The van der Waals surface area contributed by atoms with Crippen LogP contribution in [0.15, 0.2) is 48.5 Å². The summed E-state index contributed by atoms with van der Waals surface area (Å²) in [6.45, 7) is 1.91. The number of rotatable bonds is 6. The summed E-state index contributed by atoms with van der Waals surface area (Å²) in [6, 6.07) is 14.1. The average Bonchev–Trinajstić information content (AvgIpc) is 2.53. The molecule has 0 unspecified atom stereocenters. The maximum Gasteiger partial charge on any atom is 0.260 e. The summed E-state index contributed by atoms with van der Waals surface area (Å²) < 4.78 is 5.46. The lowest BCUT2D eigenvalue weighted by atomic mass is 10.1. The van der Waals surface area contributed by atoms with Gasteiger partial charge in [-0.05, 0) is 48.9 Å². The smallest absolute Gasteiger partial charge is 0.260 e. The van der Waals surface area contributed by atoms with Crippen molar-refractivity contribution in [2.75, 3.05) is 13.7 Å². The number of amides is 1. The zero-order chi connectivity index (χ0) is 16.8. The van der Waals surface area contributed by atoms with Gasteiger partial charge in [-0.15, -0.1) is 0 Å². The number of Topliss-reactive ketones (excluding diaryl/α,β-unsaturated/α-hetero) is 1. The lowest BCUT2D eigenvalue weighted by Crippen LogP contribution is -2.30. The summed E-state index contributed by atoms with van der Waals surface area (Å²) in [4.78, 5) is 24.9. The molecule has 0 bridgehead atoms. The van der Waals surface area contributed by atoms with E-state index in [9.17, 15) is 9.59 Å². The van der Waals surface area contributed by atoms with Crippen molar-refractivity contribution in [2.45, 2.75) is 13.5 Å². The largest absolute Gasteiger partial charge is 0.484 e. The number of carbonyl (C=O) groups excluding carboxylic acids is 2. The zero-order valence-corrected chi connectivity index (χ0v) is 13.8. The first kappa shape index (κ1) is 17.0. The van der Waals surface area contributed by atoms with Crippen molar-refractivity contribution in [3.05, 3.63) is 64.7 Å². The van der Waals surface area contributed by atoms with E-state index >= 15 is 0 Å². The molecule has 0 heterocycles. The fourth-order valence-corrected chi connectivity index (χ4v) is 2.25. The SMILES string of the molecule is CC(=O)c1ccc(OCC(=O)N(C)Cc2cccc(Cl)c2)cc1. The van der Waals surface area contributed by atoms with Crippen LogP contribution in [0.4, 0.5) is 0 Å². The van der Waals surface area contributed by atoms with Gasteiger partial charge in [0.15, 0.2) is 12.4 Å². The van der Waals surface area contributed by atoms with E-state index in [2.05, 4.69) is 0 Å². The molecular weight excluding hydrogens is 314 g/mol. The predicted octanol–water partition coefficient (Wildman–Crippen LogP) is 3.58. The second-order valence-electron chi connectivity index (χ2n) is 5.25. The number of benzene rings is 2. The molecule has 2 aromatic carbocycles. The molecule has 0 N–H and O–H groups in total. The fourth-order valence-electron chi connectivity index (χ4n) is 2.04. The summed E-state index contributed by atoms with van der Waals surface area (Å²) in [6.07, 6.45) is 0. The van der Waals surface area contributed by atoms with Crippen molar-refractivity contribution in [2.24, 2.45) is 0 Å². The number of carbonyl (C=O) groups is 2. The van der Waals surface area contributed by atoms with Crippen molar-refractivity contribution >= 4 is 23.3 Å². The molecule has 0 atom stereocenters. The molecular formula is C18H18ClNO3. The summed E-state index contributed by atoms with van der Waals surface area (Å²) in [5.74, 6) is 0.411. The van der Waals surface area contributed by atoms with Gasteiger partial charge >= 0.3 is 0 Å². The van der Waals surface area contributed by atoms with E-state index in [1.54, 1.807) is 42.3 Å². The molecule has 5 heteroatoms. The third kappa shape index (κ3) is 5.11. The van der Waals surface area contributed by atoms with Gasteiger partial charge in [-0.1, -0.05) is 23.7 Å². The van der Waals surface area contributed by atoms with E-state index in [1.807, 2.05) is 18.2 Å². The van der Waals surface area contributed by atoms with Gasteiger partial charge in [0.25, 0.3) is 5.91 Å². The van der Waals surface area contributed by atoms with Crippen molar-refractivity contribution in [3.63, 3.8) is 0 Å². The van der Waals surface area contributed by atoms with Crippen LogP contribution in [0.25, 0.3) is 0 Å². The molecule has 120 valence electrons. The highest BCUT2D eigenvalue weighted by Crippen LogP contribution is 2.14. The Kier molecular flexibility index (Phi) is 5.77. The van der Waals surface area contributed by atoms with Gasteiger partial charge in [0.1, 0.15) is 5.75 Å².